The molecule has 6 heteroatoms. The first-order valence-electron chi connectivity index (χ1n) is 7.81. The normalized spacial score (nSPS) is 13.0. The number of carboxylic acid groups (broad SMARTS) is 1. The number of aliphatic hydroxyl groups excluding tert-OH is 1. The number of aryl methyl sites for hydroxylation is 1. The van der Waals surface area contributed by atoms with Crippen molar-refractivity contribution in [2.75, 3.05) is 0 Å². The van der Waals surface area contributed by atoms with E-state index in [0.717, 1.165) is 12.0 Å². The van der Waals surface area contributed by atoms with Crippen molar-refractivity contribution < 1.29 is 24.5 Å². The quantitative estimate of drug-likeness (QED) is 0.244. The molecule has 0 saturated carbocycles. The van der Waals surface area contributed by atoms with Crippen LogP contribution in [0.2, 0.25) is 0 Å². The number of hydrogen-bond acceptors (Lipinski definition) is 5. The van der Waals surface area contributed by atoms with Gasteiger partial charge in [-0.25, -0.2) is 9.59 Å². The summed E-state index contributed by atoms with van der Waals surface area (Å²) < 4.78 is 5.18. The van der Waals surface area contributed by atoms with Gasteiger partial charge in [0.15, 0.2) is 0 Å². The Kier molecular flexibility index (Phi) is 7.58. The largest absolute Gasteiger partial charge is 0.501 e. The number of rotatable bonds is 8. The molecule has 0 aromatic heterocycles. The maximum Gasteiger partial charge on any atom is 0.374 e. The smallest absolute Gasteiger partial charge is 0.374 e. The maximum absolute atomic E-state index is 12.1. The first-order valence-corrected chi connectivity index (χ1v) is 8.22. The van der Waals surface area contributed by atoms with Crippen LogP contribution in [0.4, 0.5) is 0 Å². The molecule has 1 rings (SSSR count). The van der Waals surface area contributed by atoms with Gasteiger partial charge in [0, 0.05) is 0 Å². The van der Waals surface area contributed by atoms with Crippen LogP contribution in [-0.2, 0) is 14.3 Å². The fraction of sp³-hybridized carbons (Fsp3) is 0.389. The van der Waals surface area contributed by atoms with Crippen LogP contribution in [0.3, 0.4) is 0 Å². The zero-order valence-corrected chi connectivity index (χ0v) is 14.9. The Morgan fingerprint density at radius 1 is 1.21 bits per heavy atom. The first kappa shape index (κ1) is 19.8. The second kappa shape index (κ2) is 9.17. The molecule has 1 aromatic rings. The number of carboxylic acids is 1. The summed E-state index contributed by atoms with van der Waals surface area (Å²) in [5.74, 6) is -3.50. The third-order valence-electron chi connectivity index (χ3n) is 3.60. The fourth-order valence-electron chi connectivity index (χ4n) is 2.25. The van der Waals surface area contributed by atoms with Gasteiger partial charge in [0.05, 0.1) is 4.86 Å². The standard InChI is InChI=1S/C18H22O5S/c1-4-8-12(5-2)23-18(22)15(19)14(17(20)21)16(24)13-10-7-6-9-11(13)3/h6-7,9-10,12,19H,4-5,8H2,1-3H3,(H,20,21). The van der Waals surface area contributed by atoms with Crippen LogP contribution in [0, 0.1) is 6.92 Å². The van der Waals surface area contributed by atoms with E-state index in [-0.39, 0.29) is 11.0 Å². The molecule has 2 N–H and O–H groups in total. The second-order valence-electron chi connectivity index (χ2n) is 5.40. The lowest BCUT2D eigenvalue weighted by Crippen LogP contribution is -2.24. The van der Waals surface area contributed by atoms with Crippen LogP contribution in [-0.4, -0.2) is 33.1 Å². The van der Waals surface area contributed by atoms with E-state index in [4.69, 9.17) is 17.0 Å². The van der Waals surface area contributed by atoms with Gasteiger partial charge in [-0.15, -0.1) is 0 Å². The average Bonchev–Trinajstić information content (AvgIpc) is 2.54. The molecule has 0 heterocycles. The summed E-state index contributed by atoms with van der Waals surface area (Å²) in [4.78, 5) is 23.5. The van der Waals surface area contributed by atoms with Crippen LogP contribution >= 0.6 is 12.2 Å². The van der Waals surface area contributed by atoms with Gasteiger partial charge in [0.25, 0.3) is 0 Å². The highest BCUT2D eigenvalue weighted by molar-refractivity contribution is 7.81. The lowest BCUT2D eigenvalue weighted by Gasteiger charge is -2.16. The summed E-state index contributed by atoms with van der Waals surface area (Å²) >= 11 is 5.19. The Morgan fingerprint density at radius 2 is 1.83 bits per heavy atom. The zero-order valence-electron chi connectivity index (χ0n) is 14.0. The summed E-state index contributed by atoms with van der Waals surface area (Å²) in [7, 11) is 0. The van der Waals surface area contributed by atoms with Crippen molar-refractivity contribution in [2.45, 2.75) is 46.1 Å². The second-order valence-corrected chi connectivity index (χ2v) is 5.81. The molecule has 0 bridgehead atoms. The Labute approximate surface area is 147 Å². The van der Waals surface area contributed by atoms with E-state index in [1.807, 2.05) is 13.8 Å². The lowest BCUT2D eigenvalue weighted by molar-refractivity contribution is -0.148. The minimum atomic E-state index is -1.47. The summed E-state index contributed by atoms with van der Waals surface area (Å²) in [6.45, 7) is 5.57. The molecule has 0 saturated heterocycles. The molecule has 5 nitrogen and oxygen atoms in total. The molecule has 0 spiro atoms. The maximum atomic E-state index is 12.1. The van der Waals surface area contributed by atoms with E-state index in [2.05, 4.69) is 0 Å². The van der Waals surface area contributed by atoms with Crippen molar-refractivity contribution in [3.05, 3.63) is 46.7 Å². The predicted molar refractivity (Wildman–Crippen MR) is 95.2 cm³/mol. The molecule has 0 fully saturated rings. The van der Waals surface area contributed by atoms with E-state index >= 15 is 0 Å². The van der Waals surface area contributed by atoms with E-state index in [1.54, 1.807) is 31.2 Å². The van der Waals surface area contributed by atoms with Gasteiger partial charge >= 0.3 is 11.9 Å². The number of aliphatic carboxylic acids is 1. The van der Waals surface area contributed by atoms with Crippen LogP contribution in [0.25, 0.3) is 0 Å². The molecule has 0 aliphatic rings. The molecule has 0 aliphatic heterocycles. The Bertz CT molecular complexity index is 663. The molecular formula is C18H22O5S. The zero-order chi connectivity index (χ0) is 18.3. The van der Waals surface area contributed by atoms with Crippen molar-refractivity contribution >= 4 is 29.0 Å². The molecule has 130 valence electrons. The first-order chi connectivity index (χ1) is 11.3. The lowest BCUT2D eigenvalue weighted by atomic mass is 9.99. The molecule has 1 unspecified atom stereocenters. The number of hydrogen-bond donors (Lipinski definition) is 2. The van der Waals surface area contributed by atoms with Gasteiger partial charge in [-0.05, 0) is 30.9 Å². The molecule has 1 atom stereocenters. The van der Waals surface area contributed by atoms with E-state index < -0.39 is 23.3 Å². The van der Waals surface area contributed by atoms with Crippen molar-refractivity contribution in [3.63, 3.8) is 0 Å². The Balaban J connectivity index is 3.19. The average molecular weight is 350 g/mol. The number of ether oxygens (including phenoxy) is 1. The topological polar surface area (TPSA) is 83.8 Å². The van der Waals surface area contributed by atoms with Crippen molar-refractivity contribution in [1.82, 2.24) is 0 Å². The van der Waals surface area contributed by atoms with Gasteiger partial charge in [-0.2, -0.15) is 0 Å². The van der Waals surface area contributed by atoms with E-state index in [1.165, 1.54) is 0 Å². The number of aliphatic hydroxyl groups is 1. The van der Waals surface area contributed by atoms with Crippen molar-refractivity contribution in [3.8, 4) is 0 Å². The SMILES string of the molecule is CCCC(CC)OC(=O)C(O)=C(C(=O)O)C(=S)c1ccccc1C. The Hall–Kier alpha value is -2.21. The van der Waals surface area contributed by atoms with Gasteiger partial charge in [-0.3, -0.25) is 0 Å². The van der Waals surface area contributed by atoms with Crippen molar-refractivity contribution in [1.29, 1.82) is 0 Å². The Morgan fingerprint density at radius 3 is 2.33 bits per heavy atom. The third-order valence-corrected chi connectivity index (χ3v) is 4.02. The summed E-state index contributed by atoms with van der Waals surface area (Å²) in [6.07, 6.45) is 1.66. The molecule has 24 heavy (non-hydrogen) atoms. The van der Waals surface area contributed by atoms with Gasteiger partial charge in [0.1, 0.15) is 11.7 Å². The monoisotopic (exact) mass is 350 g/mol. The third kappa shape index (κ3) is 4.89. The minimum Gasteiger partial charge on any atom is -0.501 e. The van der Waals surface area contributed by atoms with Crippen LogP contribution in [0.1, 0.15) is 44.2 Å². The predicted octanol–water partition coefficient (Wildman–Crippen LogP) is 3.73. The van der Waals surface area contributed by atoms with Crippen LogP contribution < -0.4 is 0 Å². The number of esters is 1. The molecule has 1 aromatic carbocycles. The van der Waals surface area contributed by atoms with Crippen LogP contribution in [0.15, 0.2) is 35.6 Å². The number of carbonyl (C=O) groups is 2. The van der Waals surface area contributed by atoms with E-state index in [0.29, 0.717) is 18.4 Å². The van der Waals surface area contributed by atoms with Gasteiger partial charge in [0.2, 0.25) is 5.76 Å². The summed E-state index contributed by atoms with van der Waals surface area (Å²) in [6, 6.07) is 6.91. The fourth-order valence-corrected chi connectivity index (χ4v) is 2.66. The van der Waals surface area contributed by atoms with Gasteiger partial charge < -0.3 is 14.9 Å². The number of benzene rings is 1. The molecule has 0 amide bonds. The van der Waals surface area contributed by atoms with E-state index in [9.17, 15) is 19.8 Å². The van der Waals surface area contributed by atoms with Gasteiger partial charge in [-0.1, -0.05) is 56.8 Å². The highest BCUT2D eigenvalue weighted by Crippen LogP contribution is 2.19. The highest BCUT2D eigenvalue weighted by Gasteiger charge is 2.27. The molecule has 0 radical (unpaired) electrons. The summed E-state index contributed by atoms with van der Waals surface area (Å²) in [5.41, 5.74) is 0.611. The molecule has 0 aliphatic carbocycles. The van der Waals surface area contributed by atoms with Crippen LogP contribution in [0.5, 0.6) is 0 Å². The van der Waals surface area contributed by atoms with Crippen molar-refractivity contribution in [2.24, 2.45) is 0 Å². The highest BCUT2D eigenvalue weighted by atomic mass is 32.1. The minimum absolute atomic E-state index is 0.0985. The summed E-state index contributed by atoms with van der Waals surface area (Å²) in [5, 5.41) is 19.5. The molecular weight excluding hydrogens is 328 g/mol. The number of carbonyl (C=O) groups excluding carboxylic acids is 1. The number of thiocarbonyl (C=S) groups is 1.